The fourth-order valence-corrected chi connectivity index (χ4v) is 6.31. The first-order valence-electron chi connectivity index (χ1n) is 13.8. The average Bonchev–Trinajstić information content (AvgIpc) is 3.46. The van der Waals surface area contributed by atoms with Gasteiger partial charge in [0.15, 0.2) is 5.13 Å². The third-order valence-electron chi connectivity index (χ3n) is 7.47. The number of hydrogen-bond donors (Lipinski definition) is 2. The number of carboxylic acid groups (broad SMARTS) is 1. The van der Waals surface area contributed by atoms with Crippen LogP contribution in [0, 0.1) is 0 Å². The summed E-state index contributed by atoms with van der Waals surface area (Å²) in [5, 5.41) is 15.6. The van der Waals surface area contributed by atoms with Gasteiger partial charge >= 0.3 is 5.97 Å². The summed E-state index contributed by atoms with van der Waals surface area (Å²) < 4.78 is 0. The van der Waals surface area contributed by atoms with Gasteiger partial charge < -0.3 is 15.3 Å². The van der Waals surface area contributed by atoms with Crippen LogP contribution in [0.25, 0.3) is 17.0 Å². The van der Waals surface area contributed by atoms with E-state index in [0.717, 1.165) is 33.2 Å². The van der Waals surface area contributed by atoms with Crippen LogP contribution in [-0.2, 0) is 11.3 Å². The van der Waals surface area contributed by atoms with Gasteiger partial charge in [-0.15, -0.1) is 11.3 Å². The number of anilines is 2. The fourth-order valence-electron chi connectivity index (χ4n) is 5.23. The van der Waals surface area contributed by atoms with Crippen molar-refractivity contribution in [1.29, 1.82) is 0 Å². The van der Waals surface area contributed by atoms with Gasteiger partial charge in [0.2, 0.25) is 0 Å². The number of aliphatic carboxylic acids is 1. The van der Waals surface area contributed by atoms with Crippen LogP contribution in [0.15, 0.2) is 84.8 Å². The second-order valence-electron chi connectivity index (χ2n) is 10.3. The van der Waals surface area contributed by atoms with Crippen molar-refractivity contribution < 1.29 is 9.90 Å². The molecule has 0 amide bonds. The summed E-state index contributed by atoms with van der Waals surface area (Å²) in [6.45, 7) is 5.06. The highest BCUT2D eigenvalue weighted by molar-refractivity contribution is 7.14. The zero-order valence-corrected chi connectivity index (χ0v) is 24.1. The molecule has 40 heavy (non-hydrogen) atoms. The van der Waals surface area contributed by atoms with Crippen molar-refractivity contribution in [1.82, 2.24) is 10.3 Å². The summed E-state index contributed by atoms with van der Waals surface area (Å²) in [7, 11) is 0. The molecule has 2 N–H and O–H groups in total. The molecule has 0 saturated heterocycles. The Morgan fingerprint density at radius 3 is 2.45 bits per heavy atom. The van der Waals surface area contributed by atoms with Gasteiger partial charge in [0.25, 0.3) is 0 Å². The molecule has 5 nitrogen and oxygen atoms in total. The first kappa shape index (κ1) is 27.9. The van der Waals surface area contributed by atoms with Crippen molar-refractivity contribution in [3.05, 3.63) is 106 Å². The SMILES string of the molecule is C=C(NCCC(=O)O)c1ccc(CN(c2ccc(C3CCCCC3)cc2)c2nc(-c3ccccc3Cl)cs2)cc1. The average molecular weight is 572 g/mol. The minimum atomic E-state index is -0.831. The highest BCUT2D eigenvalue weighted by Gasteiger charge is 2.19. The van der Waals surface area contributed by atoms with E-state index >= 15 is 0 Å². The van der Waals surface area contributed by atoms with Crippen LogP contribution in [-0.4, -0.2) is 22.6 Å². The molecule has 7 heteroatoms. The number of nitrogens with one attached hydrogen (secondary N) is 1. The molecule has 1 aromatic heterocycles. The van der Waals surface area contributed by atoms with Crippen LogP contribution in [0.2, 0.25) is 5.02 Å². The Kier molecular flexibility index (Phi) is 9.19. The monoisotopic (exact) mass is 571 g/mol. The van der Waals surface area contributed by atoms with Gasteiger partial charge in [0.1, 0.15) is 0 Å². The molecule has 5 rings (SSSR count). The zero-order chi connectivity index (χ0) is 27.9. The predicted octanol–water partition coefficient (Wildman–Crippen LogP) is 8.88. The highest BCUT2D eigenvalue weighted by atomic mass is 35.5. The van der Waals surface area contributed by atoms with E-state index in [2.05, 4.69) is 58.6 Å². The predicted molar refractivity (Wildman–Crippen MR) is 166 cm³/mol. The molecule has 0 unspecified atom stereocenters. The van der Waals surface area contributed by atoms with Crippen molar-refractivity contribution in [2.75, 3.05) is 11.4 Å². The molecule has 1 fully saturated rings. The number of rotatable bonds is 11. The normalized spacial score (nSPS) is 13.6. The number of thiazole rings is 1. The Hall–Kier alpha value is -3.61. The van der Waals surface area contributed by atoms with Gasteiger partial charge in [-0.25, -0.2) is 4.98 Å². The Balaban J connectivity index is 1.39. The van der Waals surface area contributed by atoms with E-state index in [9.17, 15) is 4.79 Å². The third kappa shape index (κ3) is 6.93. The fraction of sp³-hybridized carbons (Fsp3) is 0.273. The van der Waals surface area contributed by atoms with Crippen molar-refractivity contribution in [2.24, 2.45) is 0 Å². The maximum atomic E-state index is 10.8. The Morgan fingerprint density at radius 1 is 1.02 bits per heavy atom. The van der Waals surface area contributed by atoms with Crippen LogP contribution in [0.5, 0.6) is 0 Å². The number of carbonyl (C=O) groups is 1. The molecule has 206 valence electrons. The molecule has 0 radical (unpaired) electrons. The molecule has 0 atom stereocenters. The van der Waals surface area contributed by atoms with Crippen LogP contribution in [0.1, 0.15) is 61.1 Å². The van der Waals surface area contributed by atoms with Gasteiger partial charge in [0, 0.05) is 33.9 Å². The molecule has 0 bridgehead atoms. The first-order chi connectivity index (χ1) is 19.5. The number of hydrogen-bond acceptors (Lipinski definition) is 5. The van der Waals surface area contributed by atoms with Crippen LogP contribution >= 0.6 is 22.9 Å². The van der Waals surface area contributed by atoms with Crippen molar-refractivity contribution in [3.8, 4) is 11.3 Å². The van der Waals surface area contributed by atoms with Crippen molar-refractivity contribution in [3.63, 3.8) is 0 Å². The van der Waals surface area contributed by atoms with Gasteiger partial charge in [-0.3, -0.25) is 4.79 Å². The molecule has 1 saturated carbocycles. The smallest absolute Gasteiger partial charge is 0.305 e. The number of aromatic nitrogens is 1. The summed E-state index contributed by atoms with van der Waals surface area (Å²) in [5.74, 6) is -0.171. The number of benzene rings is 3. The van der Waals surface area contributed by atoms with Crippen molar-refractivity contribution in [2.45, 2.75) is 51.0 Å². The lowest BCUT2D eigenvalue weighted by atomic mass is 9.84. The lowest BCUT2D eigenvalue weighted by Gasteiger charge is -2.25. The van der Waals surface area contributed by atoms with E-state index in [4.69, 9.17) is 21.7 Å². The van der Waals surface area contributed by atoms with Gasteiger partial charge in [-0.2, -0.15) is 0 Å². The molecule has 1 heterocycles. The standard InChI is InChI=1S/C33H34ClN3O2S/c1-23(35-20-19-32(38)39)25-13-11-24(12-14-25)21-37(28-17-15-27(16-18-28)26-7-3-2-4-8-26)33-36-31(22-40-33)29-9-5-6-10-30(29)34/h5-6,9-18,22,26,35H,1-4,7-8,19-21H2,(H,38,39). The molecule has 3 aromatic carbocycles. The summed E-state index contributed by atoms with van der Waals surface area (Å²) in [5.41, 5.74) is 7.11. The maximum Gasteiger partial charge on any atom is 0.305 e. The molecular weight excluding hydrogens is 538 g/mol. The van der Waals surface area contributed by atoms with E-state index < -0.39 is 5.97 Å². The number of nitrogens with zero attached hydrogens (tertiary/aromatic N) is 2. The highest BCUT2D eigenvalue weighted by Crippen LogP contribution is 2.38. The van der Waals surface area contributed by atoms with Crippen LogP contribution in [0.4, 0.5) is 10.8 Å². The largest absolute Gasteiger partial charge is 0.481 e. The minimum Gasteiger partial charge on any atom is -0.481 e. The Morgan fingerprint density at radius 2 is 1.75 bits per heavy atom. The second kappa shape index (κ2) is 13.2. The second-order valence-corrected chi connectivity index (χ2v) is 11.5. The quantitative estimate of drug-likeness (QED) is 0.188. The Bertz CT molecular complexity index is 1440. The van der Waals surface area contributed by atoms with Crippen LogP contribution < -0.4 is 10.2 Å². The summed E-state index contributed by atoms with van der Waals surface area (Å²) in [4.78, 5) is 18.1. The molecular formula is C33H34ClN3O2S. The van der Waals surface area contributed by atoms with Gasteiger partial charge in [-0.05, 0) is 53.6 Å². The van der Waals surface area contributed by atoms with Gasteiger partial charge in [0.05, 0.1) is 18.7 Å². The topological polar surface area (TPSA) is 65.5 Å². The van der Waals surface area contributed by atoms with E-state index in [1.54, 1.807) is 11.3 Å². The van der Waals surface area contributed by atoms with Gasteiger partial charge in [-0.1, -0.05) is 92.0 Å². The number of halogens is 1. The lowest BCUT2D eigenvalue weighted by Crippen LogP contribution is -2.17. The van der Waals surface area contributed by atoms with E-state index in [1.807, 2.05) is 36.4 Å². The number of carboxylic acids is 1. The summed E-state index contributed by atoms with van der Waals surface area (Å²) >= 11 is 8.09. The molecule has 0 aliphatic heterocycles. The minimum absolute atomic E-state index is 0.0512. The molecule has 4 aromatic rings. The zero-order valence-electron chi connectivity index (χ0n) is 22.5. The van der Waals surface area contributed by atoms with E-state index in [1.165, 1.54) is 37.7 Å². The van der Waals surface area contributed by atoms with Crippen molar-refractivity contribution >= 4 is 45.4 Å². The van der Waals surface area contributed by atoms with E-state index in [-0.39, 0.29) is 6.42 Å². The Labute approximate surface area is 245 Å². The van der Waals surface area contributed by atoms with Crippen LogP contribution in [0.3, 0.4) is 0 Å². The van der Waals surface area contributed by atoms with E-state index in [0.29, 0.717) is 29.7 Å². The third-order valence-corrected chi connectivity index (χ3v) is 8.67. The summed E-state index contributed by atoms with van der Waals surface area (Å²) in [6.07, 6.45) is 6.60. The summed E-state index contributed by atoms with van der Waals surface area (Å²) in [6, 6.07) is 25.0. The first-order valence-corrected chi connectivity index (χ1v) is 15.1. The molecule has 1 aliphatic carbocycles. The molecule has 0 spiro atoms. The lowest BCUT2D eigenvalue weighted by molar-refractivity contribution is -0.136. The molecule has 1 aliphatic rings. The maximum absolute atomic E-state index is 10.8.